The average molecular weight is 357 g/mol. The highest BCUT2D eigenvalue weighted by atomic mass is 16.1. The number of carbonyl (C=O) groups excluding carboxylic acids is 1. The van der Waals surface area contributed by atoms with Crippen LogP contribution in [-0.4, -0.2) is 33.8 Å². The molecule has 0 aliphatic carbocycles. The molecule has 1 aliphatic heterocycles. The fraction of sp³-hybridized carbons (Fsp3) is 0.238. The molecule has 0 saturated carbocycles. The van der Waals surface area contributed by atoms with Crippen LogP contribution >= 0.6 is 0 Å². The Kier molecular flexibility index (Phi) is 4.43. The summed E-state index contributed by atoms with van der Waals surface area (Å²) in [7, 11) is 0. The van der Waals surface area contributed by atoms with Gasteiger partial charge in [-0.3, -0.25) is 4.79 Å². The molecule has 6 heteroatoms. The van der Waals surface area contributed by atoms with Crippen LogP contribution in [0.1, 0.15) is 34.5 Å². The van der Waals surface area contributed by atoms with Crippen LogP contribution in [0.5, 0.6) is 0 Å². The number of aromatic amines is 1. The molecule has 0 bridgehead atoms. The van der Waals surface area contributed by atoms with E-state index in [1.807, 2.05) is 37.3 Å². The normalized spacial score (nSPS) is 14.5. The molecule has 1 N–H and O–H groups in total. The van der Waals surface area contributed by atoms with E-state index in [-0.39, 0.29) is 11.4 Å². The molecule has 0 unspecified atom stereocenters. The van der Waals surface area contributed by atoms with Crippen molar-refractivity contribution in [2.24, 2.45) is 0 Å². The molecule has 1 fully saturated rings. The molecular formula is C21H19N5O. The molecule has 3 heterocycles. The summed E-state index contributed by atoms with van der Waals surface area (Å²) in [5.74, 6) is 0.401. The molecule has 2 aromatic heterocycles. The molecule has 0 atom stereocenters. The van der Waals surface area contributed by atoms with Crippen LogP contribution in [-0.2, 0) is 0 Å². The summed E-state index contributed by atoms with van der Waals surface area (Å²) in [6.07, 6.45) is 7.18. The van der Waals surface area contributed by atoms with Crippen LogP contribution in [0.2, 0.25) is 0 Å². The van der Waals surface area contributed by atoms with Gasteiger partial charge < -0.3 is 9.88 Å². The third-order valence-corrected chi connectivity index (χ3v) is 4.84. The summed E-state index contributed by atoms with van der Waals surface area (Å²) in [6.45, 7) is 3.78. The molecular weight excluding hydrogens is 338 g/mol. The molecule has 3 aromatic rings. The second kappa shape index (κ2) is 7.04. The number of ketones is 1. The van der Waals surface area contributed by atoms with E-state index in [1.165, 1.54) is 0 Å². The molecule has 4 rings (SSSR count). The highest BCUT2D eigenvalue weighted by Crippen LogP contribution is 2.25. The highest BCUT2D eigenvalue weighted by Gasteiger charge is 2.20. The molecule has 1 aliphatic rings. The van der Waals surface area contributed by atoms with Crippen LogP contribution in [0.15, 0.2) is 42.2 Å². The Hall–Kier alpha value is -3.46. The topological polar surface area (TPSA) is 85.7 Å². The maximum absolute atomic E-state index is 13.0. The monoisotopic (exact) mass is 357 g/mol. The Morgan fingerprint density at radius 1 is 1.22 bits per heavy atom. The molecule has 0 amide bonds. The SMILES string of the molecule is Cc1[nH]c2ccccc2c1C(=O)/C(C#N)=C/c1cnc(N2CCCC2)nc1. The lowest BCUT2D eigenvalue weighted by molar-refractivity contribution is 0.104. The Morgan fingerprint density at radius 2 is 1.93 bits per heavy atom. The number of carbonyl (C=O) groups is 1. The highest BCUT2D eigenvalue weighted by molar-refractivity contribution is 6.20. The van der Waals surface area contributed by atoms with Crippen LogP contribution in [0.25, 0.3) is 17.0 Å². The zero-order chi connectivity index (χ0) is 18.8. The van der Waals surface area contributed by atoms with Crippen LogP contribution < -0.4 is 4.90 Å². The van der Waals surface area contributed by atoms with E-state index in [0.29, 0.717) is 17.1 Å². The summed E-state index contributed by atoms with van der Waals surface area (Å²) in [6, 6.07) is 9.62. The van der Waals surface area contributed by atoms with Crippen molar-refractivity contribution < 1.29 is 4.79 Å². The third-order valence-electron chi connectivity index (χ3n) is 4.84. The van der Waals surface area contributed by atoms with E-state index in [9.17, 15) is 10.1 Å². The van der Waals surface area contributed by atoms with E-state index >= 15 is 0 Å². The predicted octanol–water partition coefficient (Wildman–Crippen LogP) is 3.66. The average Bonchev–Trinajstić information content (AvgIpc) is 3.33. The molecule has 0 spiro atoms. The number of aromatic nitrogens is 3. The van der Waals surface area contributed by atoms with E-state index in [2.05, 4.69) is 19.9 Å². The number of nitrogens with zero attached hydrogens (tertiary/aromatic N) is 4. The maximum atomic E-state index is 13.0. The van der Waals surface area contributed by atoms with Crippen molar-refractivity contribution in [3.8, 4) is 6.07 Å². The van der Waals surface area contributed by atoms with E-state index in [1.54, 1.807) is 18.5 Å². The second-order valence-electron chi connectivity index (χ2n) is 6.68. The van der Waals surface area contributed by atoms with Gasteiger partial charge in [0.05, 0.1) is 5.56 Å². The minimum atomic E-state index is -0.295. The zero-order valence-electron chi connectivity index (χ0n) is 15.1. The van der Waals surface area contributed by atoms with Gasteiger partial charge in [-0.15, -0.1) is 0 Å². The van der Waals surface area contributed by atoms with Crippen molar-refractivity contribution in [1.29, 1.82) is 5.26 Å². The van der Waals surface area contributed by atoms with Gasteiger partial charge in [0.15, 0.2) is 0 Å². The number of hydrogen-bond acceptors (Lipinski definition) is 5. The van der Waals surface area contributed by atoms with Gasteiger partial charge in [-0.2, -0.15) is 5.26 Å². The summed E-state index contributed by atoms with van der Waals surface area (Å²) in [4.78, 5) is 27.1. The second-order valence-corrected chi connectivity index (χ2v) is 6.68. The molecule has 0 radical (unpaired) electrons. The van der Waals surface area contributed by atoms with Crippen molar-refractivity contribution in [2.45, 2.75) is 19.8 Å². The van der Waals surface area contributed by atoms with Crippen molar-refractivity contribution >= 4 is 28.7 Å². The minimum Gasteiger partial charge on any atom is -0.358 e. The standard InChI is InChI=1S/C21H19N5O/c1-14-19(17-6-2-3-7-18(17)25-14)20(27)16(11-22)10-15-12-23-21(24-13-15)26-8-4-5-9-26/h2-3,6-7,10,12-13,25H,4-5,8-9H2,1H3/b16-10+. The van der Waals surface area contributed by atoms with Gasteiger partial charge in [0.1, 0.15) is 11.6 Å². The molecule has 6 nitrogen and oxygen atoms in total. The predicted molar refractivity (Wildman–Crippen MR) is 104 cm³/mol. The summed E-state index contributed by atoms with van der Waals surface area (Å²) in [5, 5.41) is 10.4. The van der Waals surface area contributed by atoms with Gasteiger partial charge in [0, 0.05) is 47.6 Å². The number of rotatable bonds is 4. The third kappa shape index (κ3) is 3.20. The number of nitrogens with one attached hydrogen (secondary N) is 1. The molecule has 27 heavy (non-hydrogen) atoms. The first kappa shape index (κ1) is 17.0. The van der Waals surface area contributed by atoms with Crippen molar-refractivity contribution in [1.82, 2.24) is 15.0 Å². The number of para-hydroxylation sites is 1. The Labute approximate surface area is 157 Å². The Balaban J connectivity index is 1.65. The van der Waals surface area contributed by atoms with Crippen molar-refractivity contribution in [3.63, 3.8) is 0 Å². The summed E-state index contributed by atoms with van der Waals surface area (Å²) >= 11 is 0. The molecule has 1 aromatic carbocycles. The van der Waals surface area contributed by atoms with Gasteiger partial charge in [-0.05, 0) is 31.9 Å². The number of nitriles is 1. The lowest BCUT2D eigenvalue weighted by atomic mass is 10.00. The Morgan fingerprint density at radius 3 is 2.63 bits per heavy atom. The van der Waals surface area contributed by atoms with Crippen molar-refractivity contribution in [3.05, 3.63) is 59.1 Å². The number of hydrogen-bond donors (Lipinski definition) is 1. The van der Waals surface area contributed by atoms with E-state index in [0.717, 1.165) is 42.5 Å². The van der Waals surface area contributed by atoms with Crippen LogP contribution in [0.4, 0.5) is 5.95 Å². The van der Waals surface area contributed by atoms with Crippen molar-refractivity contribution in [2.75, 3.05) is 18.0 Å². The number of H-pyrrole nitrogens is 1. The molecule has 1 saturated heterocycles. The lowest BCUT2D eigenvalue weighted by Gasteiger charge is -2.14. The Bertz CT molecular complexity index is 1070. The van der Waals surface area contributed by atoms with E-state index in [4.69, 9.17) is 0 Å². The number of anilines is 1. The largest absolute Gasteiger partial charge is 0.358 e. The number of benzene rings is 1. The van der Waals surface area contributed by atoms with E-state index < -0.39 is 0 Å². The van der Waals surface area contributed by atoms with Gasteiger partial charge in [-0.1, -0.05) is 18.2 Å². The first-order chi connectivity index (χ1) is 13.2. The summed E-state index contributed by atoms with van der Waals surface area (Å²) < 4.78 is 0. The molecule has 134 valence electrons. The number of fused-ring (bicyclic) bond motifs is 1. The number of Topliss-reactive ketones (excluding diaryl/α,β-unsaturated/α-hetero) is 1. The van der Waals surface area contributed by atoms with Crippen LogP contribution in [0.3, 0.4) is 0 Å². The van der Waals surface area contributed by atoms with Gasteiger partial charge in [-0.25, -0.2) is 9.97 Å². The smallest absolute Gasteiger partial charge is 0.225 e. The number of allylic oxidation sites excluding steroid dienone is 1. The first-order valence-electron chi connectivity index (χ1n) is 8.98. The lowest BCUT2D eigenvalue weighted by Crippen LogP contribution is -2.20. The van der Waals surface area contributed by atoms with Crippen LogP contribution in [0, 0.1) is 18.3 Å². The zero-order valence-corrected chi connectivity index (χ0v) is 15.1. The maximum Gasteiger partial charge on any atom is 0.225 e. The first-order valence-corrected chi connectivity index (χ1v) is 8.98. The number of aryl methyl sites for hydroxylation is 1. The van der Waals surface area contributed by atoms with Gasteiger partial charge in [0.2, 0.25) is 11.7 Å². The quantitative estimate of drug-likeness (QED) is 0.437. The van der Waals surface area contributed by atoms with Gasteiger partial charge in [0.25, 0.3) is 0 Å². The fourth-order valence-corrected chi connectivity index (χ4v) is 3.51. The summed E-state index contributed by atoms with van der Waals surface area (Å²) in [5.41, 5.74) is 2.88. The fourth-order valence-electron chi connectivity index (χ4n) is 3.51. The van der Waals surface area contributed by atoms with Gasteiger partial charge >= 0.3 is 0 Å². The minimum absolute atomic E-state index is 0.0698.